The summed E-state index contributed by atoms with van der Waals surface area (Å²) in [6, 6.07) is 0.189. The van der Waals surface area contributed by atoms with Gasteiger partial charge in [-0.25, -0.2) is 9.97 Å². The van der Waals surface area contributed by atoms with Crippen molar-refractivity contribution in [2.24, 2.45) is 10.2 Å². The molecule has 3 rings (SSSR count). The summed E-state index contributed by atoms with van der Waals surface area (Å²) in [4.78, 5) is 11.9. The second-order valence-corrected chi connectivity index (χ2v) is 5.55. The first-order valence-electron chi connectivity index (χ1n) is 7.80. The van der Waals surface area contributed by atoms with Crippen molar-refractivity contribution < 1.29 is 5.11 Å². The number of nitrogen functional groups attached to an aromatic ring is 1. The fourth-order valence-corrected chi connectivity index (χ4v) is 2.95. The molecule has 23 heavy (non-hydrogen) atoms. The number of hydrogen-bond donors (Lipinski definition) is 2. The highest BCUT2D eigenvalue weighted by atomic mass is 16.3. The van der Waals surface area contributed by atoms with Crippen molar-refractivity contribution in [1.29, 1.82) is 0 Å². The maximum atomic E-state index is 10.3. The molecule has 1 aliphatic rings. The van der Waals surface area contributed by atoms with Crippen molar-refractivity contribution in [3.8, 4) is 0 Å². The van der Waals surface area contributed by atoms with Crippen LogP contribution < -0.4 is 10.6 Å². The maximum absolute atomic E-state index is 10.3. The molecule has 0 bridgehead atoms. The van der Waals surface area contributed by atoms with E-state index in [0.29, 0.717) is 18.7 Å². The number of nitrogens with two attached hydrogens (primary N) is 1. The molecular weight excluding hydrogens is 294 g/mol. The molecule has 1 saturated carbocycles. The maximum Gasteiger partial charge on any atom is 0.216 e. The number of aromatic nitrogens is 3. The molecule has 1 fully saturated rings. The zero-order valence-corrected chi connectivity index (χ0v) is 14.1. The van der Waals surface area contributed by atoms with E-state index in [1.807, 2.05) is 27.0 Å². The molecule has 3 N–H and O–H groups in total. The predicted octanol–water partition coefficient (Wildman–Crippen LogP) is 2.02. The summed E-state index contributed by atoms with van der Waals surface area (Å²) in [5.74, 6) is 0.490. The summed E-state index contributed by atoms with van der Waals surface area (Å²) in [6.07, 6.45) is 4.71. The standard InChI is InChI=1S/C13H18N7O.C2H6/c1-8-5-20(12-10(8)11(14)16-7-17-12)9-3-13(21,4-9)6-18-19-15-2;1-2/h5,7,9,21H,3-4,6H2,1-2H3,(H2,14,16,17);1-2H3/q+1;. The van der Waals surface area contributed by atoms with Crippen molar-refractivity contribution in [3.63, 3.8) is 0 Å². The van der Waals surface area contributed by atoms with Gasteiger partial charge in [0, 0.05) is 12.2 Å². The van der Waals surface area contributed by atoms with Crippen LogP contribution in [0.1, 0.15) is 38.3 Å². The van der Waals surface area contributed by atoms with Gasteiger partial charge in [-0.15, -0.1) is 0 Å². The third kappa shape index (κ3) is 3.23. The van der Waals surface area contributed by atoms with Crippen LogP contribution in [0.2, 0.25) is 0 Å². The van der Waals surface area contributed by atoms with Crippen molar-refractivity contribution in [2.45, 2.75) is 45.3 Å². The van der Waals surface area contributed by atoms with Crippen LogP contribution in [0.15, 0.2) is 22.8 Å². The van der Waals surface area contributed by atoms with Gasteiger partial charge in [0.05, 0.1) is 11.0 Å². The highest BCUT2D eigenvalue weighted by molar-refractivity contribution is 5.89. The molecule has 124 valence electrons. The van der Waals surface area contributed by atoms with Crippen molar-refractivity contribution in [2.75, 3.05) is 19.3 Å². The first-order chi connectivity index (χ1) is 11.0. The van der Waals surface area contributed by atoms with E-state index < -0.39 is 5.60 Å². The molecule has 0 amide bonds. The molecule has 2 aromatic rings. The van der Waals surface area contributed by atoms with Crippen LogP contribution in [-0.2, 0) is 0 Å². The summed E-state index contributed by atoms with van der Waals surface area (Å²) in [5, 5.41) is 18.6. The molecule has 8 heteroatoms. The minimum absolute atomic E-state index is 0.189. The third-order valence-corrected chi connectivity index (χ3v) is 3.97. The van der Waals surface area contributed by atoms with Gasteiger partial charge in [0.1, 0.15) is 35.1 Å². The highest BCUT2D eigenvalue weighted by Gasteiger charge is 2.45. The van der Waals surface area contributed by atoms with E-state index in [4.69, 9.17) is 5.73 Å². The van der Waals surface area contributed by atoms with Gasteiger partial charge in [-0.05, 0) is 25.3 Å². The van der Waals surface area contributed by atoms with Gasteiger partial charge < -0.3 is 15.4 Å². The number of hydrogen-bond acceptors (Lipinski definition) is 6. The largest absolute Gasteiger partial charge is 0.388 e. The number of anilines is 1. The smallest absolute Gasteiger partial charge is 0.216 e. The molecule has 0 radical (unpaired) electrons. The van der Waals surface area contributed by atoms with Crippen LogP contribution in [0.4, 0.5) is 5.82 Å². The summed E-state index contributed by atoms with van der Waals surface area (Å²) in [7, 11) is 1.55. The molecule has 0 saturated heterocycles. The molecule has 8 nitrogen and oxygen atoms in total. The Morgan fingerprint density at radius 3 is 2.78 bits per heavy atom. The number of aliphatic hydroxyl groups is 1. The molecule has 0 aromatic carbocycles. The Balaban J connectivity index is 0.000000924. The van der Waals surface area contributed by atoms with E-state index in [0.717, 1.165) is 16.6 Å². The zero-order valence-electron chi connectivity index (χ0n) is 14.1. The van der Waals surface area contributed by atoms with Crippen LogP contribution >= 0.6 is 0 Å². The Morgan fingerprint density at radius 2 is 2.13 bits per heavy atom. The topological polar surface area (TPSA) is 116 Å². The van der Waals surface area contributed by atoms with E-state index in [-0.39, 0.29) is 12.6 Å². The molecule has 0 aliphatic heterocycles. The lowest BCUT2D eigenvalue weighted by molar-refractivity contribution is -0.0587. The van der Waals surface area contributed by atoms with E-state index in [2.05, 4.69) is 29.7 Å². The quantitative estimate of drug-likeness (QED) is 0.665. The predicted molar refractivity (Wildman–Crippen MR) is 89.0 cm³/mol. The van der Waals surface area contributed by atoms with Gasteiger partial charge >= 0.3 is 0 Å². The van der Waals surface area contributed by atoms with Crippen molar-refractivity contribution >= 4 is 16.9 Å². The monoisotopic (exact) mass is 318 g/mol. The van der Waals surface area contributed by atoms with Crippen molar-refractivity contribution in [3.05, 3.63) is 18.1 Å². The Hall–Kier alpha value is -2.31. The average Bonchev–Trinajstić information content (AvgIpc) is 2.85. The summed E-state index contributed by atoms with van der Waals surface area (Å²) < 4.78 is 2.07. The minimum atomic E-state index is -0.804. The van der Waals surface area contributed by atoms with Gasteiger partial charge in [0.2, 0.25) is 4.91 Å². The fourth-order valence-electron chi connectivity index (χ4n) is 2.95. The van der Waals surface area contributed by atoms with Gasteiger partial charge in [0.25, 0.3) is 0 Å². The average molecular weight is 318 g/mol. The molecule has 0 atom stereocenters. The SMILES string of the molecule is CC.CN=[N+]=NCC1(O)CC(n2cc(C)c3c(N)ncnc32)C1. The number of rotatable bonds is 3. The molecule has 2 aromatic heterocycles. The Labute approximate surface area is 135 Å². The van der Waals surface area contributed by atoms with Crippen LogP contribution in [0.25, 0.3) is 11.0 Å². The Morgan fingerprint density at radius 1 is 1.43 bits per heavy atom. The van der Waals surface area contributed by atoms with Crippen LogP contribution in [0, 0.1) is 6.92 Å². The summed E-state index contributed by atoms with van der Waals surface area (Å²) in [5.41, 5.74) is 6.97. The third-order valence-electron chi connectivity index (χ3n) is 3.97. The highest BCUT2D eigenvalue weighted by Crippen LogP contribution is 2.43. The normalized spacial score (nSPS) is 22.6. The molecule has 0 spiro atoms. The van der Waals surface area contributed by atoms with Gasteiger partial charge in [0.15, 0.2) is 6.54 Å². The molecule has 0 unspecified atom stereocenters. The Bertz CT molecular complexity index is 740. The Kier molecular flexibility index (Phi) is 5.08. The lowest BCUT2D eigenvalue weighted by Gasteiger charge is -2.42. The number of fused-ring (bicyclic) bond motifs is 1. The minimum Gasteiger partial charge on any atom is -0.388 e. The first-order valence-corrected chi connectivity index (χ1v) is 7.80. The summed E-state index contributed by atoms with van der Waals surface area (Å²) >= 11 is 0. The van der Waals surface area contributed by atoms with E-state index in [1.54, 1.807) is 7.05 Å². The van der Waals surface area contributed by atoms with Gasteiger partial charge in [-0.3, -0.25) is 0 Å². The zero-order chi connectivity index (χ0) is 17.0. The lowest BCUT2D eigenvalue weighted by atomic mass is 9.75. The first kappa shape index (κ1) is 17.1. The van der Waals surface area contributed by atoms with Crippen LogP contribution in [-0.4, -0.2) is 38.8 Å². The lowest BCUT2D eigenvalue weighted by Crippen LogP contribution is -2.47. The van der Waals surface area contributed by atoms with E-state index in [9.17, 15) is 5.11 Å². The van der Waals surface area contributed by atoms with E-state index >= 15 is 0 Å². The number of aryl methyl sites for hydroxylation is 1. The fraction of sp³-hybridized carbons (Fsp3) is 0.600. The molecule has 1 aliphatic carbocycles. The number of nitrogens with zero attached hydrogens (tertiary/aromatic N) is 6. The van der Waals surface area contributed by atoms with Gasteiger partial charge in [-0.2, -0.15) is 0 Å². The van der Waals surface area contributed by atoms with Crippen molar-refractivity contribution in [1.82, 2.24) is 19.4 Å². The van der Waals surface area contributed by atoms with E-state index in [1.165, 1.54) is 6.33 Å². The van der Waals surface area contributed by atoms with Crippen LogP contribution in [0.5, 0.6) is 0 Å². The summed E-state index contributed by atoms with van der Waals surface area (Å²) in [6.45, 7) is 6.26. The second kappa shape index (κ2) is 6.85. The second-order valence-electron chi connectivity index (χ2n) is 5.55. The van der Waals surface area contributed by atoms with Gasteiger partial charge in [-0.1, -0.05) is 13.8 Å². The molecular formula is C15H24N7O+. The van der Waals surface area contributed by atoms with Crippen LogP contribution in [0.3, 0.4) is 0 Å². The molecule has 2 heterocycles.